The molecule has 2 N–H and O–H groups in total. The smallest absolute Gasteiger partial charge is 0.411 e. The third-order valence-electron chi connectivity index (χ3n) is 1.72. The first-order valence-corrected chi connectivity index (χ1v) is 4.91. The molecular weight excluding hydrogens is 252 g/mol. The van der Waals surface area contributed by atoms with E-state index in [0.29, 0.717) is 0 Å². The Labute approximate surface area is 101 Å². The number of anilines is 1. The predicted molar refractivity (Wildman–Crippen MR) is 60.2 cm³/mol. The molecule has 0 aliphatic carbocycles. The normalized spacial score (nSPS) is 9.76. The molecule has 1 aromatic carbocycles. The maximum atomic E-state index is 11.1. The molecule has 1 rings (SSSR count). The lowest BCUT2D eigenvalue weighted by Crippen LogP contribution is -2.16. The third-order valence-corrected chi connectivity index (χ3v) is 1.95. The molecule has 7 nitrogen and oxygen atoms in total. The van der Waals surface area contributed by atoms with E-state index in [2.05, 4.69) is 10.1 Å². The van der Waals surface area contributed by atoms with Gasteiger partial charge in [-0.2, -0.15) is 0 Å². The number of ether oxygens (including phenoxy) is 1. The number of nitrogens with zero attached hydrogens (tertiary/aromatic N) is 1. The first-order valence-electron chi connectivity index (χ1n) is 4.53. The Morgan fingerprint density at radius 1 is 1.59 bits per heavy atom. The molecule has 0 spiro atoms. The molecule has 0 heterocycles. The summed E-state index contributed by atoms with van der Waals surface area (Å²) >= 11 is 5.65. The molecule has 0 atom stereocenters. The van der Waals surface area contributed by atoms with E-state index in [1.54, 1.807) is 0 Å². The van der Waals surface area contributed by atoms with Gasteiger partial charge in [0.2, 0.25) is 0 Å². The van der Waals surface area contributed by atoms with Crippen molar-refractivity contribution in [2.75, 3.05) is 18.5 Å². The van der Waals surface area contributed by atoms with Crippen molar-refractivity contribution >= 4 is 29.1 Å². The summed E-state index contributed by atoms with van der Waals surface area (Å²) in [7, 11) is 0. The summed E-state index contributed by atoms with van der Waals surface area (Å²) in [6.45, 7) is -0.523. The van der Waals surface area contributed by atoms with Gasteiger partial charge in [0.15, 0.2) is 0 Å². The average Bonchev–Trinajstić information content (AvgIpc) is 2.26. The van der Waals surface area contributed by atoms with Gasteiger partial charge in [0.25, 0.3) is 5.69 Å². The van der Waals surface area contributed by atoms with E-state index < -0.39 is 11.0 Å². The van der Waals surface area contributed by atoms with E-state index in [9.17, 15) is 14.9 Å². The van der Waals surface area contributed by atoms with E-state index in [0.717, 1.165) is 0 Å². The standard InChI is InChI=1S/C9H9ClN2O5/c10-6-1-2-8(12(15)16)7(5-6)11-9(14)17-4-3-13/h1-2,5,13H,3-4H2,(H,11,14). The molecule has 92 valence electrons. The highest BCUT2D eigenvalue weighted by Crippen LogP contribution is 2.27. The van der Waals surface area contributed by atoms with E-state index in [1.807, 2.05) is 0 Å². The van der Waals surface area contributed by atoms with E-state index in [-0.39, 0.29) is 29.6 Å². The van der Waals surface area contributed by atoms with Gasteiger partial charge in [0, 0.05) is 11.1 Å². The molecule has 0 radical (unpaired) electrons. The molecule has 0 saturated heterocycles. The average molecular weight is 261 g/mol. The number of hydrogen-bond acceptors (Lipinski definition) is 5. The zero-order chi connectivity index (χ0) is 12.8. The number of carbonyl (C=O) groups is 1. The summed E-state index contributed by atoms with van der Waals surface area (Å²) in [4.78, 5) is 21.2. The van der Waals surface area contributed by atoms with Gasteiger partial charge in [-0.25, -0.2) is 4.79 Å². The Hall–Kier alpha value is -1.86. The molecule has 0 aliphatic rings. The van der Waals surface area contributed by atoms with Gasteiger partial charge >= 0.3 is 6.09 Å². The van der Waals surface area contributed by atoms with Crippen LogP contribution < -0.4 is 5.32 Å². The minimum atomic E-state index is -0.899. The van der Waals surface area contributed by atoms with Crippen LogP contribution in [0.4, 0.5) is 16.2 Å². The number of nitro groups is 1. The van der Waals surface area contributed by atoms with Gasteiger partial charge in [-0.1, -0.05) is 11.6 Å². The van der Waals surface area contributed by atoms with Crippen LogP contribution >= 0.6 is 11.6 Å². The quantitative estimate of drug-likeness (QED) is 0.635. The Balaban J connectivity index is 2.85. The molecule has 0 fully saturated rings. The Kier molecular flexibility index (Phi) is 4.68. The number of amides is 1. The Morgan fingerprint density at radius 3 is 2.88 bits per heavy atom. The number of carbonyl (C=O) groups excluding carboxylic acids is 1. The fourth-order valence-electron chi connectivity index (χ4n) is 1.05. The van der Waals surface area contributed by atoms with Crippen LogP contribution in [0.25, 0.3) is 0 Å². The lowest BCUT2D eigenvalue weighted by Gasteiger charge is -2.06. The summed E-state index contributed by atoms with van der Waals surface area (Å²) in [5.74, 6) is 0. The molecule has 0 saturated carbocycles. The van der Waals surface area contributed by atoms with Crippen LogP contribution in [0.2, 0.25) is 5.02 Å². The number of nitro benzene ring substituents is 1. The molecule has 0 unspecified atom stereocenters. The largest absolute Gasteiger partial charge is 0.447 e. The van der Waals surface area contributed by atoms with Crippen molar-refractivity contribution in [2.45, 2.75) is 0 Å². The zero-order valence-electron chi connectivity index (χ0n) is 8.55. The van der Waals surface area contributed by atoms with Gasteiger partial charge < -0.3 is 9.84 Å². The van der Waals surface area contributed by atoms with Gasteiger partial charge in [0.1, 0.15) is 12.3 Å². The van der Waals surface area contributed by atoms with Gasteiger partial charge in [0.05, 0.1) is 11.5 Å². The van der Waals surface area contributed by atoms with Crippen molar-refractivity contribution in [3.05, 3.63) is 33.3 Å². The second-order valence-electron chi connectivity index (χ2n) is 2.90. The first-order chi connectivity index (χ1) is 8.04. The maximum Gasteiger partial charge on any atom is 0.411 e. The number of aliphatic hydroxyl groups excluding tert-OH is 1. The highest BCUT2D eigenvalue weighted by atomic mass is 35.5. The number of hydrogen-bond donors (Lipinski definition) is 2. The summed E-state index contributed by atoms with van der Waals surface area (Å²) in [6.07, 6.45) is -0.899. The minimum absolute atomic E-state index is 0.0644. The molecule has 0 bridgehead atoms. The molecule has 1 amide bonds. The number of aliphatic hydroxyl groups is 1. The highest BCUT2D eigenvalue weighted by molar-refractivity contribution is 6.31. The van der Waals surface area contributed by atoms with Gasteiger partial charge in [-0.05, 0) is 12.1 Å². The van der Waals surface area contributed by atoms with Crippen LogP contribution in [-0.4, -0.2) is 29.3 Å². The van der Waals surface area contributed by atoms with Gasteiger partial charge in [-0.15, -0.1) is 0 Å². The minimum Gasteiger partial charge on any atom is -0.447 e. The lowest BCUT2D eigenvalue weighted by molar-refractivity contribution is -0.383. The van der Waals surface area contributed by atoms with Crippen LogP contribution in [0, 0.1) is 10.1 Å². The van der Waals surface area contributed by atoms with Crippen molar-refractivity contribution in [2.24, 2.45) is 0 Å². The summed E-state index contributed by atoms with van der Waals surface area (Å²) in [5.41, 5.74) is -0.360. The Bertz CT molecular complexity index is 437. The molecule has 0 aromatic heterocycles. The maximum absolute atomic E-state index is 11.1. The second-order valence-corrected chi connectivity index (χ2v) is 3.34. The van der Waals surface area contributed by atoms with Crippen LogP contribution in [0.5, 0.6) is 0 Å². The monoisotopic (exact) mass is 260 g/mol. The lowest BCUT2D eigenvalue weighted by atomic mass is 10.3. The van der Waals surface area contributed by atoms with Crippen molar-refractivity contribution in [3.63, 3.8) is 0 Å². The molecule has 8 heteroatoms. The molecular formula is C9H9ClN2O5. The van der Waals surface area contributed by atoms with E-state index in [4.69, 9.17) is 16.7 Å². The number of halogens is 1. The van der Waals surface area contributed by atoms with Gasteiger partial charge in [-0.3, -0.25) is 15.4 Å². The SMILES string of the molecule is O=C(Nc1cc(Cl)ccc1[N+](=O)[O-])OCCO. The van der Waals surface area contributed by atoms with Crippen LogP contribution in [-0.2, 0) is 4.74 Å². The fraction of sp³-hybridized carbons (Fsp3) is 0.222. The highest BCUT2D eigenvalue weighted by Gasteiger charge is 2.16. The van der Waals surface area contributed by atoms with Crippen LogP contribution in [0.15, 0.2) is 18.2 Å². The summed E-state index contributed by atoms with van der Waals surface area (Å²) in [5, 5.41) is 21.5. The molecule has 17 heavy (non-hydrogen) atoms. The topological polar surface area (TPSA) is 102 Å². The van der Waals surface area contributed by atoms with Crippen molar-refractivity contribution in [1.82, 2.24) is 0 Å². The van der Waals surface area contributed by atoms with Crippen molar-refractivity contribution < 1.29 is 19.6 Å². The third kappa shape index (κ3) is 3.89. The summed E-state index contributed by atoms with van der Waals surface area (Å²) < 4.78 is 4.50. The first kappa shape index (κ1) is 13.2. The fourth-order valence-corrected chi connectivity index (χ4v) is 1.22. The number of benzene rings is 1. The molecule has 0 aliphatic heterocycles. The zero-order valence-corrected chi connectivity index (χ0v) is 9.31. The molecule has 1 aromatic rings. The van der Waals surface area contributed by atoms with E-state index >= 15 is 0 Å². The van der Waals surface area contributed by atoms with Crippen molar-refractivity contribution in [3.8, 4) is 0 Å². The number of nitrogens with one attached hydrogen (secondary N) is 1. The summed E-state index contributed by atoms with van der Waals surface area (Å²) in [6, 6.07) is 3.74. The van der Waals surface area contributed by atoms with Crippen LogP contribution in [0.1, 0.15) is 0 Å². The second kappa shape index (κ2) is 6.02. The number of rotatable bonds is 4. The van der Waals surface area contributed by atoms with E-state index in [1.165, 1.54) is 18.2 Å². The van der Waals surface area contributed by atoms with Crippen molar-refractivity contribution in [1.29, 1.82) is 0 Å². The predicted octanol–water partition coefficient (Wildman–Crippen LogP) is 1.79. The Morgan fingerprint density at radius 2 is 2.29 bits per heavy atom. The van der Waals surface area contributed by atoms with Crippen LogP contribution in [0.3, 0.4) is 0 Å².